The molecule has 5 rings (SSSR count). The Morgan fingerprint density at radius 2 is 1.57 bits per heavy atom. The number of nitrogens with zero attached hydrogens (tertiary/aromatic N) is 1. The highest BCUT2D eigenvalue weighted by Gasteiger charge is 2.54. The Labute approximate surface area is 164 Å². The summed E-state index contributed by atoms with van der Waals surface area (Å²) in [5.74, 6) is 2.11. The van der Waals surface area contributed by atoms with Crippen molar-refractivity contribution in [1.29, 1.82) is 0 Å². The lowest BCUT2D eigenvalue weighted by atomic mass is 9.49. The molecule has 1 aromatic carbocycles. The zero-order valence-corrected chi connectivity index (χ0v) is 16.4. The number of rotatable bonds is 7. The first-order valence-electron chi connectivity index (χ1n) is 9.80. The van der Waals surface area contributed by atoms with Crippen molar-refractivity contribution < 1.29 is 18.1 Å². The Morgan fingerprint density at radius 1 is 1.04 bits per heavy atom. The van der Waals surface area contributed by atoms with Crippen LogP contribution < -0.4 is 10.0 Å². The number of benzene rings is 1. The third-order valence-corrected chi connectivity index (χ3v) is 8.06. The van der Waals surface area contributed by atoms with Gasteiger partial charge in [-0.15, -0.1) is 0 Å². The standard InChI is InChI=1S/C19H25N3O5S/c23-18(19-10-13-7-14(11-19)9-15(8-13)12-19)20-5-6-21-28(26,27)17-3-1-16(2-4-17)22(24)25/h1-4,13-15,21H,5-12H2,(H,20,23). The Balaban J connectivity index is 1.29. The number of carbonyl (C=O) groups is 1. The van der Waals surface area contributed by atoms with Gasteiger partial charge >= 0.3 is 0 Å². The molecule has 0 unspecified atom stereocenters. The highest BCUT2D eigenvalue weighted by Crippen LogP contribution is 2.60. The molecule has 4 saturated carbocycles. The lowest BCUT2D eigenvalue weighted by Gasteiger charge is -2.55. The SMILES string of the molecule is O=C(NCCNS(=O)(=O)c1ccc([N+](=O)[O-])cc1)C12CC3CC(CC(C3)C1)C2. The monoisotopic (exact) mass is 407 g/mol. The molecule has 1 amide bonds. The van der Waals surface area contributed by atoms with Gasteiger partial charge < -0.3 is 5.32 Å². The van der Waals surface area contributed by atoms with E-state index < -0.39 is 14.9 Å². The maximum absolute atomic E-state index is 12.8. The molecule has 0 aliphatic heterocycles. The van der Waals surface area contributed by atoms with E-state index in [1.807, 2.05) is 0 Å². The molecule has 0 radical (unpaired) electrons. The van der Waals surface area contributed by atoms with Gasteiger partial charge in [0.15, 0.2) is 0 Å². The Kier molecular flexibility index (Phi) is 4.91. The lowest BCUT2D eigenvalue weighted by Crippen LogP contribution is -2.54. The van der Waals surface area contributed by atoms with E-state index in [1.165, 1.54) is 31.4 Å². The van der Waals surface area contributed by atoms with E-state index >= 15 is 0 Å². The van der Waals surface area contributed by atoms with Crippen molar-refractivity contribution in [3.63, 3.8) is 0 Å². The van der Waals surface area contributed by atoms with E-state index in [0.29, 0.717) is 17.8 Å². The zero-order chi connectivity index (χ0) is 19.9. The molecule has 4 aliphatic rings. The van der Waals surface area contributed by atoms with Crippen LogP contribution in [0.25, 0.3) is 0 Å². The molecule has 2 N–H and O–H groups in total. The summed E-state index contributed by atoms with van der Waals surface area (Å²) in [6, 6.07) is 4.72. The van der Waals surface area contributed by atoms with Gasteiger partial charge in [-0.2, -0.15) is 0 Å². The van der Waals surface area contributed by atoms with Crippen LogP contribution in [0.1, 0.15) is 38.5 Å². The molecule has 4 aliphatic carbocycles. The van der Waals surface area contributed by atoms with Crippen molar-refractivity contribution in [1.82, 2.24) is 10.0 Å². The number of nitro groups is 1. The summed E-state index contributed by atoms with van der Waals surface area (Å²) >= 11 is 0. The summed E-state index contributed by atoms with van der Waals surface area (Å²) in [4.78, 5) is 22.9. The van der Waals surface area contributed by atoms with Gasteiger partial charge in [0, 0.05) is 30.6 Å². The first kappa shape index (κ1) is 19.3. The van der Waals surface area contributed by atoms with Crippen LogP contribution in [0.2, 0.25) is 0 Å². The Bertz CT molecular complexity index is 846. The highest BCUT2D eigenvalue weighted by atomic mass is 32.2. The summed E-state index contributed by atoms with van der Waals surface area (Å²) in [5.41, 5.74) is -0.409. The number of nitrogens with one attached hydrogen (secondary N) is 2. The van der Waals surface area contributed by atoms with Crippen LogP contribution >= 0.6 is 0 Å². The van der Waals surface area contributed by atoms with Crippen LogP contribution in [0.5, 0.6) is 0 Å². The second-order valence-electron chi connectivity index (χ2n) is 8.60. The summed E-state index contributed by atoms with van der Waals surface area (Å²) < 4.78 is 27.0. The fourth-order valence-corrected chi connectivity index (χ4v) is 6.80. The van der Waals surface area contributed by atoms with Crippen molar-refractivity contribution in [3.8, 4) is 0 Å². The molecular weight excluding hydrogens is 382 g/mol. The first-order valence-corrected chi connectivity index (χ1v) is 11.3. The summed E-state index contributed by atoms with van der Waals surface area (Å²) in [6.45, 7) is 0.310. The van der Waals surface area contributed by atoms with Crippen molar-refractivity contribution in [2.75, 3.05) is 13.1 Å². The van der Waals surface area contributed by atoms with Crippen LogP contribution in [0.4, 0.5) is 5.69 Å². The molecule has 4 fully saturated rings. The topological polar surface area (TPSA) is 118 Å². The van der Waals surface area contributed by atoms with Gasteiger partial charge in [0.1, 0.15) is 0 Å². The summed E-state index contributed by atoms with van der Waals surface area (Å²) in [7, 11) is -3.77. The third-order valence-electron chi connectivity index (χ3n) is 6.58. The summed E-state index contributed by atoms with van der Waals surface area (Å²) in [6.07, 6.45) is 6.71. The third kappa shape index (κ3) is 3.65. The van der Waals surface area contributed by atoms with Crippen molar-refractivity contribution in [2.24, 2.45) is 23.2 Å². The van der Waals surface area contributed by atoms with Gasteiger partial charge in [-0.25, -0.2) is 13.1 Å². The first-order chi connectivity index (χ1) is 13.3. The van der Waals surface area contributed by atoms with Crippen LogP contribution in [-0.2, 0) is 14.8 Å². The van der Waals surface area contributed by atoms with Crippen LogP contribution in [-0.4, -0.2) is 32.3 Å². The van der Waals surface area contributed by atoms with Crippen LogP contribution in [0, 0.1) is 33.3 Å². The molecular formula is C19H25N3O5S. The zero-order valence-electron chi connectivity index (χ0n) is 15.6. The molecule has 0 atom stereocenters. The van der Waals surface area contributed by atoms with Crippen LogP contribution in [0.3, 0.4) is 0 Å². The number of sulfonamides is 1. The quantitative estimate of drug-likeness (QED) is 0.408. The van der Waals surface area contributed by atoms with Crippen LogP contribution in [0.15, 0.2) is 29.2 Å². The molecule has 0 aromatic heterocycles. The normalized spacial score (nSPS) is 30.9. The molecule has 0 saturated heterocycles. The minimum atomic E-state index is -3.77. The number of non-ortho nitro benzene ring substituents is 1. The fraction of sp³-hybridized carbons (Fsp3) is 0.632. The second kappa shape index (κ2) is 7.11. The van der Waals surface area contributed by atoms with Gasteiger partial charge in [-0.1, -0.05) is 0 Å². The maximum Gasteiger partial charge on any atom is 0.269 e. The van der Waals surface area contributed by atoms with Crippen molar-refractivity contribution in [3.05, 3.63) is 34.4 Å². The van der Waals surface area contributed by atoms with Gasteiger partial charge in [0.2, 0.25) is 15.9 Å². The van der Waals surface area contributed by atoms with E-state index in [-0.39, 0.29) is 35.0 Å². The number of nitro benzene ring substituents is 1. The highest BCUT2D eigenvalue weighted by molar-refractivity contribution is 7.89. The number of carbonyl (C=O) groups excluding carboxylic acids is 1. The maximum atomic E-state index is 12.8. The minimum absolute atomic E-state index is 0.0366. The van der Waals surface area contributed by atoms with Crippen molar-refractivity contribution >= 4 is 21.6 Å². The number of amides is 1. The Morgan fingerprint density at radius 3 is 2.07 bits per heavy atom. The number of hydrogen-bond donors (Lipinski definition) is 2. The van der Waals surface area contributed by atoms with Crippen molar-refractivity contribution in [2.45, 2.75) is 43.4 Å². The largest absolute Gasteiger partial charge is 0.354 e. The van der Waals surface area contributed by atoms with E-state index in [4.69, 9.17) is 0 Å². The minimum Gasteiger partial charge on any atom is -0.354 e. The fourth-order valence-electron chi connectivity index (χ4n) is 5.77. The molecule has 152 valence electrons. The van der Waals surface area contributed by atoms with Gasteiger partial charge in [0.05, 0.1) is 9.82 Å². The summed E-state index contributed by atoms with van der Waals surface area (Å²) in [5, 5.41) is 13.6. The van der Waals surface area contributed by atoms with E-state index in [1.54, 1.807) is 0 Å². The number of hydrogen-bond acceptors (Lipinski definition) is 5. The molecule has 9 heteroatoms. The lowest BCUT2D eigenvalue weighted by molar-refractivity contribution is -0.384. The Hall–Kier alpha value is -2.00. The second-order valence-corrected chi connectivity index (χ2v) is 10.4. The predicted molar refractivity (Wildman–Crippen MR) is 102 cm³/mol. The molecule has 8 nitrogen and oxygen atoms in total. The molecule has 4 bridgehead atoms. The molecule has 28 heavy (non-hydrogen) atoms. The average Bonchev–Trinajstić information content (AvgIpc) is 2.64. The van der Waals surface area contributed by atoms with Gasteiger partial charge in [0.25, 0.3) is 5.69 Å². The predicted octanol–water partition coefficient (Wildman–Crippen LogP) is 2.21. The molecule has 1 aromatic rings. The smallest absolute Gasteiger partial charge is 0.269 e. The molecule has 0 spiro atoms. The van der Waals surface area contributed by atoms with E-state index in [9.17, 15) is 23.3 Å². The van der Waals surface area contributed by atoms with Gasteiger partial charge in [-0.3, -0.25) is 14.9 Å². The average molecular weight is 407 g/mol. The van der Waals surface area contributed by atoms with E-state index in [0.717, 1.165) is 31.4 Å². The van der Waals surface area contributed by atoms with E-state index in [2.05, 4.69) is 10.0 Å². The molecule has 0 heterocycles. The van der Waals surface area contributed by atoms with Gasteiger partial charge in [-0.05, 0) is 68.4 Å².